The number of aryl methyl sites for hydroxylation is 1. The molecule has 2 N–H and O–H groups in total. The first-order chi connectivity index (χ1) is 8.10. The van der Waals surface area contributed by atoms with E-state index in [1.54, 1.807) is 17.9 Å². The molecule has 1 aromatic rings. The number of carbonyl (C=O) groups is 1. The van der Waals surface area contributed by atoms with Crippen molar-refractivity contribution in [3.63, 3.8) is 0 Å². The zero-order valence-electron chi connectivity index (χ0n) is 11.1. The van der Waals surface area contributed by atoms with Gasteiger partial charge in [0.15, 0.2) is 5.78 Å². The Kier molecular flexibility index (Phi) is 5.19. The summed E-state index contributed by atoms with van der Waals surface area (Å²) in [5.41, 5.74) is 6.37. The highest BCUT2D eigenvalue weighted by molar-refractivity contribution is 6.00. The van der Waals surface area contributed by atoms with Crippen LogP contribution in [0.2, 0.25) is 0 Å². The molecule has 1 unspecified atom stereocenters. The van der Waals surface area contributed by atoms with E-state index in [1.165, 1.54) is 12.8 Å². The number of nitrogens with zero attached hydrogens (tertiary/aromatic N) is 2. The summed E-state index contributed by atoms with van der Waals surface area (Å²) in [5, 5.41) is 4.00. The van der Waals surface area contributed by atoms with Crippen molar-refractivity contribution in [2.24, 2.45) is 13.0 Å². The fraction of sp³-hybridized carbons (Fsp3) is 0.692. The SMILES string of the molecule is CCCCC(CC)CC(=O)c1cnn(C)c1N. The number of hydrogen-bond donors (Lipinski definition) is 1. The average Bonchev–Trinajstić information content (AvgIpc) is 2.65. The molecule has 1 rings (SSSR count). The van der Waals surface area contributed by atoms with Crippen LogP contribution in [0, 0.1) is 5.92 Å². The molecule has 96 valence electrons. The number of ketones is 1. The third kappa shape index (κ3) is 3.58. The number of hydrogen-bond acceptors (Lipinski definition) is 3. The van der Waals surface area contributed by atoms with Crippen molar-refractivity contribution in [3.8, 4) is 0 Å². The van der Waals surface area contributed by atoms with Gasteiger partial charge in [0.2, 0.25) is 0 Å². The fourth-order valence-corrected chi connectivity index (χ4v) is 1.98. The van der Waals surface area contributed by atoms with Gasteiger partial charge in [-0.25, -0.2) is 0 Å². The molecule has 1 aromatic heterocycles. The van der Waals surface area contributed by atoms with E-state index in [2.05, 4.69) is 18.9 Å². The summed E-state index contributed by atoms with van der Waals surface area (Å²) >= 11 is 0. The zero-order valence-corrected chi connectivity index (χ0v) is 11.1. The highest BCUT2D eigenvalue weighted by Crippen LogP contribution is 2.21. The smallest absolute Gasteiger partial charge is 0.168 e. The maximum absolute atomic E-state index is 12.1. The second-order valence-electron chi connectivity index (χ2n) is 4.61. The van der Waals surface area contributed by atoms with Crippen molar-refractivity contribution >= 4 is 11.6 Å². The first-order valence-corrected chi connectivity index (χ1v) is 6.40. The normalized spacial score (nSPS) is 12.6. The molecule has 0 saturated heterocycles. The van der Waals surface area contributed by atoms with Gasteiger partial charge in [-0.1, -0.05) is 39.5 Å². The lowest BCUT2D eigenvalue weighted by Crippen LogP contribution is -2.10. The van der Waals surface area contributed by atoms with Crippen LogP contribution in [0.5, 0.6) is 0 Å². The summed E-state index contributed by atoms with van der Waals surface area (Å²) < 4.78 is 1.54. The molecule has 0 fully saturated rings. The second-order valence-corrected chi connectivity index (χ2v) is 4.61. The number of nitrogen functional groups attached to an aromatic ring is 1. The second kappa shape index (κ2) is 6.42. The van der Waals surface area contributed by atoms with Crippen LogP contribution >= 0.6 is 0 Å². The molecule has 0 aliphatic heterocycles. The highest BCUT2D eigenvalue weighted by Gasteiger charge is 2.17. The standard InChI is InChI=1S/C13H23N3O/c1-4-6-7-10(5-2)8-12(17)11-9-15-16(3)13(11)14/h9-10H,4-8,14H2,1-3H3. The summed E-state index contributed by atoms with van der Waals surface area (Å²) in [7, 11) is 1.75. The Hall–Kier alpha value is -1.32. The molecule has 4 nitrogen and oxygen atoms in total. The number of carbonyl (C=O) groups excluding carboxylic acids is 1. The molecule has 0 saturated carbocycles. The van der Waals surface area contributed by atoms with Crippen molar-refractivity contribution in [3.05, 3.63) is 11.8 Å². The molecule has 0 aromatic carbocycles. The van der Waals surface area contributed by atoms with Crippen LogP contribution in [-0.2, 0) is 7.05 Å². The average molecular weight is 237 g/mol. The van der Waals surface area contributed by atoms with E-state index < -0.39 is 0 Å². The summed E-state index contributed by atoms with van der Waals surface area (Å²) in [4.78, 5) is 12.1. The Labute approximate surface area is 103 Å². The topological polar surface area (TPSA) is 60.9 Å². The maximum Gasteiger partial charge on any atom is 0.168 e. The Bertz CT molecular complexity index is 371. The molecule has 0 radical (unpaired) electrons. The minimum absolute atomic E-state index is 0.124. The monoisotopic (exact) mass is 237 g/mol. The van der Waals surface area contributed by atoms with Crippen molar-refractivity contribution < 1.29 is 4.79 Å². The molecule has 4 heteroatoms. The van der Waals surface area contributed by atoms with E-state index in [4.69, 9.17) is 5.73 Å². The number of Topliss-reactive ketones (excluding diaryl/α,β-unsaturated/α-hetero) is 1. The van der Waals surface area contributed by atoms with Gasteiger partial charge in [0.1, 0.15) is 5.82 Å². The van der Waals surface area contributed by atoms with E-state index in [0.29, 0.717) is 23.7 Å². The largest absolute Gasteiger partial charge is 0.383 e. The van der Waals surface area contributed by atoms with Crippen LogP contribution in [0.1, 0.15) is 56.3 Å². The minimum Gasteiger partial charge on any atom is -0.383 e. The predicted molar refractivity (Wildman–Crippen MR) is 69.9 cm³/mol. The van der Waals surface area contributed by atoms with E-state index in [0.717, 1.165) is 12.8 Å². The lowest BCUT2D eigenvalue weighted by Gasteiger charge is -2.12. The van der Waals surface area contributed by atoms with Crippen LogP contribution in [0.4, 0.5) is 5.82 Å². The van der Waals surface area contributed by atoms with Gasteiger partial charge in [-0.2, -0.15) is 5.10 Å². The minimum atomic E-state index is 0.124. The van der Waals surface area contributed by atoms with Gasteiger partial charge in [-0.3, -0.25) is 9.48 Å². The molecule has 0 spiro atoms. The van der Waals surface area contributed by atoms with E-state index in [-0.39, 0.29) is 5.78 Å². The number of anilines is 1. The fourth-order valence-electron chi connectivity index (χ4n) is 1.98. The Balaban J connectivity index is 2.61. The van der Waals surface area contributed by atoms with Gasteiger partial charge in [0, 0.05) is 13.5 Å². The Morgan fingerprint density at radius 2 is 2.24 bits per heavy atom. The lowest BCUT2D eigenvalue weighted by atomic mass is 9.92. The lowest BCUT2D eigenvalue weighted by molar-refractivity contribution is 0.0958. The van der Waals surface area contributed by atoms with Crippen molar-refractivity contribution in [2.45, 2.75) is 46.0 Å². The number of aromatic nitrogens is 2. The third-order valence-electron chi connectivity index (χ3n) is 3.30. The van der Waals surface area contributed by atoms with E-state index in [1.807, 2.05) is 0 Å². The van der Waals surface area contributed by atoms with Gasteiger partial charge < -0.3 is 5.73 Å². The molecule has 1 heterocycles. The summed E-state index contributed by atoms with van der Waals surface area (Å²) in [5.74, 6) is 1.07. The molecule has 0 aliphatic rings. The molecule has 0 amide bonds. The molecule has 1 atom stereocenters. The van der Waals surface area contributed by atoms with Crippen LogP contribution in [0.15, 0.2) is 6.20 Å². The first-order valence-electron chi connectivity index (χ1n) is 6.40. The van der Waals surface area contributed by atoms with Gasteiger partial charge in [-0.15, -0.1) is 0 Å². The first kappa shape index (κ1) is 13.7. The van der Waals surface area contributed by atoms with Crippen LogP contribution < -0.4 is 5.73 Å². The van der Waals surface area contributed by atoms with Crippen molar-refractivity contribution in [1.29, 1.82) is 0 Å². The Morgan fingerprint density at radius 3 is 2.71 bits per heavy atom. The van der Waals surface area contributed by atoms with E-state index >= 15 is 0 Å². The van der Waals surface area contributed by atoms with Gasteiger partial charge >= 0.3 is 0 Å². The quantitative estimate of drug-likeness (QED) is 0.742. The number of unbranched alkanes of at least 4 members (excludes halogenated alkanes) is 1. The maximum atomic E-state index is 12.1. The summed E-state index contributed by atoms with van der Waals surface area (Å²) in [6, 6.07) is 0. The third-order valence-corrected chi connectivity index (χ3v) is 3.30. The van der Waals surface area contributed by atoms with Crippen molar-refractivity contribution in [1.82, 2.24) is 9.78 Å². The molecular formula is C13H23N3O. The molecule has 17 heavy (non-hydrogen) atoms. The van der Waals surface area contributed by atoms with Gasteiger partial charge in [0.25, 0.3) is 0 Å². The van der Waals surface area contributed by atoms with Crippen LogP contribution in [-0.4, -0.2) is 15.6 Å². The zero-order chi connectivity index (χ0) is 12.8. The van der Waals surface area contributed by atoms with E-state index in [9.17, 15) is 4.79 Å². The van der Waals surface area contributed by atoms with Gasteiger partial charge in [0.05, 0.1) is 11.8 Å². The predicted octanol–water partition coefficient (Wildman–Crippen LogP) is 2.79. The van der Waals surface area contributed by atoms with Crippen molar-refractivity contribution in [2.75, 3.05) is 5.73 Å². The Morgan fingerprint density at radius 1 is 1.53 bits per heavy atom. The molecular weight excluding hydrogens is 214 g/mol. The summed E-state index contributed by atoms with van der Waals surface area (Å²) in [6.45, 7) is 4.31. The molecule has 0 bridgehead atoms. The molecule has 0 aliphatic carbocycles. The highest BCUT2D eigenvalue weighted by atomic mass is 16.1. The number of rotatable bonds is 7. The summed E-state index contributed by atoms with van der Waals surface area (Å²) in [6.07, 6.45) is 6.70. The van der Waals surface area contributed by atoms with Crippen LogP contribution in [0.25, 0.3) is 0 Å². The van der Waals surface area contributed by atoms with Crippen LogP contribution in [0.3, 0.4) is 0 Å². The number of nitrogens with two attached hydrogens (primary N) is 1. The van der Waals surface area contributed by atoms with Gasteiger partial charge in [-0.05, 0) is 5.92 Å².